The number of carboxylic acid groups (broad SMARTS) is 1. The van der Waals surface area contributed by atoms with Crippen molar-refractivity contribution < 1.29 is 23.5 Å². The number of hydrogen-bond donors (Lipinski definition) is 1. The van der Waals surface area contributed by atoms with E-state index >= 15 is 0 Å². The van der Waals surface area contributed by atoms with E-state index in [9.17, 15) is 18.4 Å². The van der Waals surface area contributed by atoms with E-state index in [1.165, 1.54) is 12.1 Å². The molecule has 1 unspecified atom stereocenters. The SMILES string of the molecule is CCc1cc(F)c(N2CCC(C(=O)O)C2=O)c(F)c1. The van der Waals surface area contributed by atoms with Crippen molar-refractivity contribution in [1.82, 2.24) is 0 Å². The van der Waals surface area contributed by atoms with Gasteiger partial charge in [0.05, 0.1) is 0 Å². The van der Waals surface area contributed by atoms with Gasteiger partial charge in [0, 0.05) is 6.54 Å². The lowest BCUT2D eigenvalue weighted by atomic mass is 10.1. The molecule has 2 rings (SSSR count). The summed E-state index contributed by atoms with van der Waals surface area (Å²) in [6.45, 7) is 1.77. The second-order valence-corrected chi connectivity index (χ2v) is 4.43. The molecule has 6 heteroatoms. The van der Waals surface area contributed by atoms with Gasteiger partial charge >= 0.3 is 5.97 Å². The molecule has 1 aromatic carbocycles. The Morgan fingerprint density at radius 1 is 1.42 bits per heavy atom. The summed E-state index contributed by atoms with van der Waals surface area (Å²) in [5.41, 5.74) is 0.0335. The maximum atomic E-state index is 13.9. The highest BCUT2D eigenvalue weighted by atomic mass is 19.1. The van der Waals surface area contributed by atoms with Crippen LogP contribution in [-0.2, 0) is 16.0 Å². The van der Waals surface area contributed by atoms with Crippen molar-refractivity contribution in [2.75, 3.05) is 11.4 Å². The van der Waals surface area contributed by atoms with Crippen molar-refractivity contribution in [3.63, 3.8) is 0 Å². The van der Waals surface area contributed by atoms with Crippen LogP contribution in [0, 0.1) is 17.6 Å². The largest absolute Gasteiger partial charge is 0.481 e. The van der Waals surface area contributed by atoms with E-state index in [0.717, 1.165) is 4.90 Å². The predicted molar refractivity (Wildman–Crippen MR) is 63.8 cm³/mol. The summed E-state index contributed by atoms with van der Waals surface area (Å²) in [6, 6.07) is 2.33. The smallest absolute Gasteiger partial charge is 0.316 e. The third kappa shape index (κ3) is 2.30. The van der Waals surface area contributed by atoms with Gasteiger partial charge in [0.25, 0.3) is 0 Å². The van der Waals surface area contributed by atoms with Crippen LogP contribution in [0.4, 0.5) is 14.5 Å². The topological polar surface area (TPSA) is 57.6 Å². The molecule has 0 aliphatic carbocycles. The van der Waals surface area contributed by atoms with Crippen molar-refractivity contribution in [3.8, 4) is 0 Å². The highest BCUT2D eigenvalue weighted by molar-refractivity contribution is 6.07. The molecule has 4 nitrogen and oxygen atoms in total. The molecule has 1 aliphatic rings. The molecule has 0 radical (unpaired) electrons. The fourth-order valence-electron chi connectivity index (χ4n) is 2.21. The second kappa shape index (κ2) is 4.95. The van der Waals surface area contributed by atoms with E-state index in [2.05, 4.69) is 0 Å². The Labute approximate surface area is 108 Å². The van der Waals surface area contributed by atoms with Crippen molar-refractivity contribution in [3.05, 3.63) is 29.3 Å². The summed E-state index contributed by atoms with van der Waals surface area (Å²) in [7, 11) is 0. The van der Waals surface area contributed by atoms with Gasteiger partial charge in [0.15, 0.2) is 0 Å². The molecule has 19 heavy (non-hydrogen) atoms. The molecule has 102 valence electrons. The van der Waals surface area contributed by atoms with Gasteiger partial charge in [-0.3, -0.25) is 9.59 Å². The summed E-state index contributed by atoms with van der Waals surface area (Å²) in [6.07, 6.45) is 0.530. The predicted octanol–water partition coefficient (Wildman–Crippen LogP) is 1.96. The molecular weight excluding hydrogens is 256 g/mol. The summed E-state index contributed by atoms with van der Waals surface area (Å²) < 4.78 is 27.7. The van der Waals surface area contributed by atoms with Crippen LogP contribution in [-0.4, -0.2) is 23.5 Å². The van der Waals surface area contributed by atoms with Crippen LogP contribution < -0.4 is 4.90 Å². The monoisotopic (exact) mass is 269 g/mol. The number of amides is 1. The number of carboxylic acids is 1. The molecule has 1 saturated heterocycles. The van der Waals surface area contributed by atoms with Gasteiger partial charge in [0.2, 0.25) is 5.91 Å². The maximum Gasteiger partial charge on any atom is 0.316 e. The molecule has 1 heterocycles. The van der Waals surface area contributed by atoms with Gasteiger partial charge in [-0.25, -0.2) is 8.78 Å². The Morgan fingerprint density at radius 2 is 2.00 bits per heavy atom. The minimum Gasteiger partial charge on any atom is -0.481 e. The van der Waals surface area contributed by atoms with Crippen LogP contribution in [0.3, 0.4) is 0 Å². The average Bonchev–Trinajstić information content (AvgIpc) is 2.70. The fourth-order valence-corrected chi connectivity index (χ4v) is 2.21. The van der Waals surface area contributed by atoms with E-state index in [4.69, 9.17) is 5.11 Å². The Morgan fingerprint density at radius 3 is 2.42 bits per heavy atom. The summed E-state index contributed by atoms with van der Waals surface area (Å²) in [4.78, 5) is 23.5. The van der Waals surface area contributed by atoms with E-state index in [1.54, 1.807) is 6.92 Å². The number of anilines is 1. The highest BCUT2D eigenvalue weighted by Gasteiger charge is 2.39. The van der Waals surface area contributed by atoms with Crippen LogP contribution in [0.2, 0.25) is 0 Å². The molecule has 0 aromatic heterocycles. The number of halogens is 2. The number of carbonyl (C=O) groups is 2. The van der Waals surface area contributed by atoms with Crippen LogP contribution >= 0.6 is 0 Å². The van der Waals surface area contributed by atoms with Gasteiger partial charge in [-0.15, -0.1) is 0 Å². The molecule has 0 spiro atoms. The van der Waals surface area contributed by atoms with Gasteiger partial charge in [-0.05, 0) is 30.5 Å². The van der Waals surface area contributed by atoms with Crippen molar-refractivity contribution in [2.24, 2.45) is 5.92 Å². The Hall–Kier alpha value is -1.98. The highest BCUT2D eigenvalue weighted by Crippen LogP contribution is 2.31. The average molecular weight is 269 g/mol. The first-order valence-corrected chi connectivity index (χ1v) is 5.97. The number of hydrogen-bond acceptors (Lipinski definition) is 2. The quantitative estimate of drug-likeness (QED) is 0.853. The number of benzene rings is 1. The van der Waals surface area contributed by atoms with E-state index in [1.807, 2.05) is 0 Å². The molecule has 1 amide bonds. The van der Waals surface area contributed by atoms with E-state index in [-0.39, 0.29) is 13.0 Å². The molecule has 1 N–H and O–H groups in total. The Bertz CT molecular complexity index is 522. The number of rotatable bonds is 3. The minimum atomic E-state index is -1.27. The number of carbonyl (C=O) groups excluding carboxylic acids is 1. The molecule has 1 aromatic rings. The van der Waals surface area contributed by atoms with Gasteiger partial charge in [0.1, 0.15) is 23.2 Å². The van der Waals surface area contributed by atoms with Gasteiger partial charge in [-0.1, -0.05) is 6.92 Å². The third-order valence-corrected chi connectivity index (χ3v) is 3.26. The van der Waals surface area contributed by atoms with Crippen LogP contribution in [0.5, 0.6) is 0 Å². The first kappa shape index (κ1) is 13.5. The Kier molecular flexibility index (Phi) is 3.50. The normalized spacial score (nSPS) is 19.0. The lowest BCUT2D eigenvalue weighted by Crippen LogP contribution is -2.31. The molecule has 1 atom stereocenters. The van der Waals surface area contributed by atoms with Crippen LogP contribution in [0.1, 0.15) is 18.9 Å². The molecule has 1 fully saturated rings. The zero-order chi connectivity index (χ0) is 14.2. The summed E-state index contributed by atoms with van der Waals surface area (Å²) in [5.74, 6) is -4.93. The molecule has 1 aliphatic heterocycles. The second-order valence-electron chi connectivity index (χ2n) is 4.43. The van der Waals surface area contributed by atoms with Crippen molar-refractivity contribution in [1.29, 1.82) is 0 Å². The zero-order valence-electron chi connectivity index (χ0n) is 10.3. The summed E-state index contributed by atoms with van der Waals surface area (Å²) in [5, 5.41) is 8.83. The number of nitrogens with zero attached hydrogens (tertiary/aromatic N) is 1. The standard InChI is InChI=1S/C13H13F2NO3/c1-2-7-5-9(14)11(10(15)6-7)16-4-3-8(12(16)17)13(18)19/h5-6,8H,2-4H2,1H3,(H,18,19). The zero-order valence-corrected chi connectivity index (χ0v) is 10.3. The third-order valence-electron chi connectivity index (χ3n) is 3.26. The number of aryl methyl sites for hydroxylation is 1. The lowest BCUT2D eigenvalue weighted by Gasteiger charge is -2.18. The van der Waals surface area contributed by atoms with Crippen LogP contribution in [0.15, 0.2) is 12.1 Å². The molecular formula is C13H13F2NO3. The molecule has 0 saturated carbocycles. The minimum absolute atomic E-state index is 0.00904. The fraction of sp³-hybridized carbons (Fsp3) is 0.385. The first-order valence-electron chi connectivity index (χ1n) is 5.97. The van der Waals surface area contributed by atoms with Gasteiger partial charge < -0.3 is 10.0 Å². The van der Waals surface area contributed by atoms with Crippen LogP contribution in [0.25, 0.3) is 0 Å². The van der Waals surface area contributed by atoms with E-state index < -0.39 is 35.1 Å². The van der Waals surface area contributed by atoms with Gasteiger partial charge in [-0.2, -0.15) is 0 Å². The molecule has 0 bridgehead atoms. The van der Waals surface area contributed by atoms with Crippen molar-refractivity contribution in [2.45, 2.75) is 19.8 Å². The Balaban J connectivity index is 2.39. The summed E-state index contributed by atoms with van der Waals surface area (Å²) >= 11 is 0. The van der Waals surface area contributed by atoms with E-state index in [0.29, 0.717) is 12.0 Å². The number of aliphatic carboxylic acids is 1. The first-order chi connectivity index (χ1) is 8.95. The maximum absolute atomic E-state index is 13.9. The van der Waals surface area contributed by atoms with Crippen molar-refractivity contribution >= 4 is 17.6 Å². The lowest BCUT2D eigenvalue weighted by molar-refractivity contribution is -0.144.